The van der Waals surface area contributed by atoms with Crippen molar-refractivity contribution in [1.29, 1.82) is 0 Å². The summed E-state index contributed by atoms with van der Waals surface area (Å²) in [6, 6.07) is 4.88. The molecule has 1 aromatic carbocycles. The molecular weight excluding hydrogens is 335 g/mol. The van der Waals surface area contributed by atoms with Crippen molar-refractivity contribution in [2.75, 3.05) is 5.73 Å². The second kappa shape index (κ2) is 5.76. The molecule has 1 fully saturated rings. The third kappa shape index (κ3) is 3.34. The van der Waals surface area contributed by atoms with Crippen molar-refractivity contribution in [2.24, 2.45) is 11.8 Å². The highest BCUT2D eigenvalue weighted by atomic mass is 79.9. The fraction of sp³-hybridized carbons (Fsp3) is 0.500. The highest BCUT2D eigenvalue weighted by Gasteiger charge is 2.42. The minimum absolute atomic E-state index is 0.0377. The maximum Gasteiger partial charge on any atom is 0.391 e. The van der Waals surface area contributed by atoms with Crippen LogP contribution in [0.4, 0.5) is 18.9 Å². The van der Waals surface area contributed by atoms with Gasteiger partial charge in [0, 0.05) is 21.6 Å². The summed E-state index contributed by atoms with van der Waals surface area (Å²) in [5, 5.41) is 0. The standard InChI is InChI=1S/C14H15BrF3NO/c15-11-7-9(3-6-12(11)19)13(20)8-1-4-10(5-2-8)14(16,17)18/h3,6-8,10H,1-2,4-5,19H2. The summed E-state index contributed by atoms with van der Waals surface area (Å²) in [5.74, 6) is -1.67. The fourth-order valence-corrected chi connectivity index (χ4v) is 2.98. The molecule has 1 aliphatic rings. The average molecular weight is 350 g/mol. The van der Waals surface area contributed by atoms with Gasteiger partial charge in [-0.15, -0.1) is 0 Å². The number of Topliss-reactive ketones (excluding diaryl/α,β-unsaturated/α-hetero) is 1. The van der Waals surface area contributed by atoms with E-state index in [0.717, 1.165) is 0 Å². The van der Waals surface area contributed by atoms with E-state index in [2.05, 4.69) is 15.9 Å². The highest BCUT2D eigenvalue weighted by Crippen LogP contribution is 2.40. The number of carbonyl (C=O) groups excluding carboxylic acids is 1. The van der Waals surface area contributed by atoms with Gasteiger partial charge >= 0.3 is 6.18 Å². The van der Waals surface area contributed by atoms with E-state index in [0.29, 0.717) is 28.6 Å². The zero-order valence-corrected chi connectivity index (χ0v) is 12.3. The van der Waals surface area contributed by atoms with Crippen molar-refractivity contribution >= 4 is 27.4 Å². The van der Waals surface area contributed by atoms with E-state index >= 15 is 0 Å². The Bertz CT molecular complexity index is 508. The molecule has 1 aliphatic carbocycles. The number of alkyl halides is 3. The van der Waals surface area contributed by atoms with Gasteiger partial charge in [0.25, 0.3) is 0 Å². The normalized spacial score (nSPS) is 23.6. The monoisotopic (exact) mass is 349 g/mol. The summed E-state index contributed by atoms with van der Waals surface area (Å²) in [5.41, 5.74) is 6.68. The van der Waals surface area contributed by atoms with Gasteiger partial charge in [0.05, 0.1) is 5.92 Å². The zero-order chi connectivity index (χ0) is 14.9. The lowest BCUT2D eigenvalue weighted by atomic mass is 9.78. The van der Waals surface area contributed by atoms with Crippen LogP contribution in [0, 0.1) is 11.8 Å². The van der Waals surface area contributed by atoms with Gasteiger partial charge in [-0.05, 0) is 59.8 Å². The molecule has 2 N–H and O–H groups in total. The number of benzene rings is 1. The van der Waals surface area contributed by atoms with Crippen molar-refractivity contribution in [1.82, 2.24) is 0 Å². The first-order valence-corrected chi connectivity index (χ1v) is 7.24. The zero-order valence-electron chi connectivity index (χ0n) is 10.7. The Balaban J connectivity index is 2.03. The maximum atomic E-state index is 12.6. The fourth-order valence-electron chi connectivity index (χ4n) is 2.60. The summed E-state index contributed by atoms with van der Waals surface area (Å²) in [7, 11) is 0. The van der Waals surface area contributed by atoms with Crippen LogP contribution in [0.3, 0.4) is 0 Å². The molecule has 0 aliphatic heterocycles. The number of nitrogens with two attached hydrogens (primary N) is 1. The lowest BCUT2D eigenvalue weighted by molar-refractivity contribution is -0.183. The Morgan fingerprint density at radius 2 is 1.80 bits per heavy atom. The lowest BCUT2D eigenvalue weighted by Crippen LogP contribution is -2.30. The quantitative estimate of drug-likeness (QED) is 0.627. The average Bonchev–Trinajstić information content (AvgIpc) is 2.40. The van der Waals surface area contributed by atoms with Crippen LogP contribution < -0.4 is 5.73 Å². The van der Waals surface area contributed by atoms with Gasteiger partial charge in [-0.2, -0.15) is 13.2 Å². The van der Waals surface area contributed by atoms with Crippen LogP contribution in [-0.4, -0.2) is 12.0 Å². The Morgan fingerprint density at radius 3 is 2.30 bits per heavy atom. The van der Waals surface area contributed by atoms with Crippen molar-refractivity contribution in [3.05, 3.63) is 28.2 Å². The van der Waals surface area contributed by atoms with Gasteiger partial charge in [0.1, 0.15) is 0 Å². The number of halogens is 4. The lowest BCUT2D eigenvalue weighted by Gasteiger charge is -2.29. The Kier molecular flexibility index (Phi) is 4.42. The first-order chi connectivity index (χ1) is 9.29. The van der Waals surface area contributed by atoms with Crippen LogP contribution in [-0.2, 0) is 0 Å². The molecule has 1 saturated carbocycles. The molecule has 0 amide bonds. The van der Waals surface area contributed by atoms with E-state index in [1.54, 1.807) is 18.2 Å². The predicted molar refractivity (Wildman–Crippen MR) is 74.4 cm³/mol. The number of ketones is 1. The molecule has 0 saturated heterocycles. The molecule has 0 bridgehead atoms. The van der Waals surface area contributed by atoms with E-state index in [1.165, 1.54) is 0 Å². The second-order valence-electron chi connectivity index (χ2n) is 5.19. The third-order valence-corrected chi connectivity index (χ3v) is 4.53. The Labute approximate surface area is 123 Å². The van der Waals surface area contributed by atoms with Crippen molar-refractivity contribution < 1.29 is 18.0 Å². The first kappa shape index (κ1) is 15.4. The molecular formula is C14H15BrF3NO. The molecule has 0 heterocycles. The van der Waals surface area contributed by atoms with Crippen molar-refractivity contribution in [2.45, 2.75) is 31.9 Å². The first-order valence-electron chi connectivity index (χ1n) is 6.45. The predicted octanol–water partition coefficient (Wildman–Crippen LogP) is 4.58. The number of hydrogen-bond acceptors (Lipinski definition) is 2. The topological polar surface area (TPSA) is 43.1 Å². The molecule has 0 aromatic heterocycles. The number of nitrogen functional groups attached to an aromatic ring is 1. The number of rotatable bonds is 2. The number of anilines is 1. The molecule has 0 radical (unpaired) electrons. The van der Waals surface area contributed by atoms with E-state index < -0.39 is 12.1 Å². The van der Waals surface area contributed by atoms with E-state index in [1.807, 2.05) is 0 Å². The summed E-state index contributed by atoms with van der Waals surface area (Å²) >= 11 is 3.25. The number of hydrogen-bond donors (Lipinski definition) is 1. The molecule has 1 aromatic rings. The molecule has 0 spiro atoms. The van der Waals surface area contributed by atoms with Crippen LogP contribution in [0.5, 0.6) is 0 Å². The Hall–Kier alpha value is -1.04. The third-order valence-electron chi connectivity index (χ3n) is 3.85. The molecule has 0 unspecified atom stereocenters. The van der Waals surface area contributed by atoms with Gasteiger partial charge in [0.15, 0.2) is 5.78 Å². The van der Waals surface area contributed by atoms with Gasteiger partial charge < -0.3 is 5.73 Å². The van der Waals surface area contributed by atoms with Gasteiger partial charge in [-0.1, -0.05) is 0 Å². The van der Waals surface area contributed by atoms with Crippen LogP contribution in [0.2, 0.25) is 0 Å². The molecule has 6 heteroatoms. The highest BCUT2D eigenvalue weighted by molar-refractivity contribution is 9.10. The minimum Gasteiger partial charge on any atom is -0.398 e. The van der Waals surface area contributed by atoms with Gasteiger partial charge in [-0.3, -0.25) is 4.79 Å². The van der Waals surface area contributed by atoms with E-state index in [-0.39, 0.29) is 24.5 Å². The van der Waals surface area contributed by atoms with E-state index in [9.17, 15) is 18.0 Å². The van der Waals surface area contributed by atoms with Gasteiger partial charge in [0.2, 0.25) is 0 Å². The molecule has 110 valence electrons. The summed E-state index contributed by atoms with van der Waals surface area (Å²) in [6.45, 7) is 0. The van der Waals surface area contributed by atoms with Crippen LogP contribution in [0.15, 0.2) is 22.7 Å². The second-order valence-corrected chi connectivity index (χ2v) is 6.05. The van der Waals surface area contributed by atoms with Crippen molar-refractivity contribution in [3.8, 4) is 0 Å². The smallest absolute Gasteiger partial charge is 0.391 e. The SMILES string of the molecule is Nc1ccc(C(=O)C2CCC(C(F)(F)F)CC2)cc1Br. The van der Waals surface area contributed by atoms with Crippen LogP contribution in [0.25, 0.3) is 0 Å². The van der Waals surface area contributed by atoms with Crippen LogP contribution >= 0.6 is 15.9 Å². The maximum absolute atomic E-state index is 12.6. The van der Waals surface area contributed by atoms with E-state index in [4.69, 9.17) is 5.73 Å². The largest absolute Gasteiger partial charge is 0.398 e. The summed E-state index contributed by atoms with van der Waals surface area (Å²) < 4.78 is 38.4. The van der Waals surface area contributed by atoms with Crippen LogP contribution in [0.1, 0.15) is 36.0 Å². The molecule has 20 heavy (non-hydrogen) atoms. The van der Waals surface area contributed by atoms with Gasteiger partial charge in [-0.25, -0.2) is 0 Å². The minimum atomic E-state index is -4.14. The molecule has 2 nitrogen and oxygen atoms in total. The Morgan fingerprint density at radius 1 is 1.20 bits per heavy atom. The summed E-state index contributed by atoms with van der Waals surface area (Å²) in [4.78, 5) is 12.3. The molecule has 0 atom stereocenters. The van der Waals surface area contributed by atoms with Crippen molar-refractivity contribution in [3.63, 3.8) is 0 Å². The molecule has 2 rings (SSSR count). The number of carbonyl (C=O) groups is 1. The summed E-state index contributed by atoms with van der Waals surface area (Å²) in [6.07, 6.45) is -3.47.